The van der Waals surface area contributed by atoms with Crippen molar-refractivity contribution in [1.82, 2.24) is 4.98 Å². The fourth-order valence-electron chi connectivity index (χ4n) is 2.36. The number of fused-ring (bicyclic) bond motifs is 1. The van der Waals surface area contributed by atoms with Gasteiger partial charge in [0.25, 0.3) is 0 Å². The van der Waals surface area contributed by atoms with Crippen molar-refractivity contribution in [2.24, 2.45) is 5.73 Å². The number of carbonyl (C=O) groups is 2. The van der Waals surface area contributed by atoms with Crippen LogP contribution in [0, 0.1) is 11.6 Å². The van der Waals surface area contributed by atoms with Gasteiger partial charge >= 0.3 is 0 Å². The van der Waals surface area contributed by atoms with E-state index in [0.717, 1.165) is 23.5 Å². The Kier molecular flexibility index (Phi) is 4.75. The van der Waals surface area contributed by atoms with Crippen LogP contribution in [-0.2, 0) is 6.61 Å². The summed E-state index contributed by atoms with van der Waals surface area (Å²) < 4.78 is 33.6. The molecule has 10 heteroatoms. The fraction of sp³-hybridized carbons (Fsp3) is 0.0625. The first kappa shape index (κ1) is 18.0. The number of benzene rings is 1. The van der Waals surface area contributed by atoms with Crippen molar-refractivity contribution in [3.63, 3.8) is 0 Å². The third kappa shape index (κ3) is 3.18. The summed E-state index contributed by atoms with van der Waals surface area (Å²) in [5, 5.41) is 11.9. The summed E-state index contributed by atoms with van der Waals surface area (Å²) in [5.74, 6) is -5.56. The van der Waals surface area contributed by atoms with Gasteiger partial charge in [0.05, 0.1) is 20.6 Å². The molecule has 2 heterocycles. The van der Waals surface area contributed by atoms with E-state index >= 15 is 0 Å². The van der Waals surface area contributed by atoms with Crippen LogP contribution in [0.2, 0.25) is 5.02 Å². The molecule has 3 aromatic rings. The fourth-order valence-corrected chi connectivity index (χ4v) is 3.72. The second-order valence-electron chi connectivity index (χ2n) is 5.11. The molecule has 1 amide bonds. The first-order chi connectivity index (χ1) is 12.3. The van der Waals surface area contributed by atoms with Crippen molar-refractivity contribution >= 4 is 44.9 Å². The number of ether oxygens (including phenoxy) is 1. The van der Waals surface area contributed by atoms with Crippen molar-refractivity contribution in [1.29, 1.82) is 0 Å². The lowest BCUT2D eigenvalue weighted by atomic mass is 10.1. The zero-order valence-corrected chi connectivity index (χ0v) is 14.3. The number of primary amides is 1. The molecule has 1 aromatic carbocycles. The van der Waals surface area contributed by atoms with E-state index < -0.39 is 35.9 Å². The van der Waals surface area contributed by atoms with Gasteiger partial charge in [-0.2, -0.15) is 0 Å². The van der Waals surface area contributed by atoms with Gasteiger partial charge in [0.2, 0.25) is 5.91 Å². The summed E-state index contributed by atoms with van der Waals surface area (Å²) in [6.45, 7) is -0.489. The zero-order valence-electron chi connectivity index (χ0n) is 12.7. The molecular weight excluding hydrogens is 390 g/mol. The number of thiophene rings is 1. The van der Waals surface area contributed by atoms with E-state index in [-0.39, 0.29) is 21.0 Å². The van der Waals surface area contributed by atoms with Crippen LogP contribution in [0.15, 0.2) is 24.5 Å². The Morgan fingerprint density at radius 2 is 1.92 bits per heavy atom. The second kappa shape index (κ2) is 6.85. The van der Waals surface area contributed by atoms with Gasteiger partial charge in [-0.05, 0) is 12.1 Å². The number of hydrogen-bond donors (Lipinski definition) is 1. The molecule has 3 rings (SSSR count). The lowest BCUT2D eigenvalue weighted by Crippen LogP contribution is -2.22. The molecule has 0 atom stereocenters. The normalized spacial score (nSPS) is 10.9. The Morgan fingerprint density at radius 3 is 2.50 bits per heavy atom. The average molecular weight is 398 g/mol. The van der Waals surface area contributed by atoms with Gasteiger partial charge in [-0.25, -0.2) is 8.78 Å². The number of aromatic carboxylic acids is 1. The number of hydrogen-bond acceptors (Lipinski definition) is 6. The van der Waals surface area contributed by atoms with Crippen molar-refractivity contribution in [3.8, 4) is 5.75 Å². The molecule has 0 aliphatic heterocycles. The molecular formula is C16H8ClF2N2O4S-. The Morgan fingerprint density at radius 1 is 1.27 bits per heavy atom. The average Bonchev–Trinajstić information content (AvgIpc) is 2.94. The minimum Gasteiger partial charge on any atom is -0.544 e. The van der Waals surface area contributed by atoms with Gasteiger partial charge in [0, 0.05) is 28.9 Å². The molecule has 2 N–H and O–H groups in total. The minimum atomic E-state index is -1.48. The van der Waals surface area contributed by atoms with E-state index in [1.54, 1.807) is 0 Å². The van der Waals surface area contributed by atoms with Crippen LogP contribution in [0.3, 0.4) is 0 Å². The van der Waals surface area contributed by atoms with E-state index in [1.165, 1.54) is 12.4 Å². The summed E-state index contributed by atoms with van der Waals surface area (Å²) in [4.78, 5) is 26.0. The number of pyridine rings is 1. The number of nitrogens with zero attached hydrogens (tertiary/aromatic N) is 1. The Bertz CT molecular complexity index is 1030. The molecule has 0 saturated carbocycles. The van der Waals surface area contributed by atoms with Gasteiger partial charge < -0.3 is 20.4 Å². The lowest BCUT2D eigenvalue weighted by molar-refractivity contribution is -0.254. The molecule has 0 spiro atoms. The number of rotatable bonds is 5. The smallest absolute Gasteiger partial charge is 0.248 e. The van der Waals surface area contributed by atoms with Crippen molar-refractivity contribution in [2.75, 3.05) is 0 Å². The van der Waals surface area contributed by atoms with E-state index in [4.69, 9.17) is 22.1 Å². The molecule has 0 bridgehead atoms. The second-order valence-corrected chi connectivity index (χ2v) is 6.57. The number of amides is 1. The number of aromatic nitrogens is 1. The SMILES string of the molecule is NC(=O)c1cc(F)c(OCc2c(C(=O)[O-])sc3cncc(Cl)c23)c(F)c1. The maximum absolute atomic E-state index is 14.0. The van der Waals surface area contributed by atoms with Crippen LogP contribution in [-0.4, -0.2) is 16.9 Å². The van der Waals surface area contributed by atoms with Gasteiger partial charge in [-0.15, -0.1) is 11.3 Å². The summed E-state index contributed by atoms with van der Waals surface area (Å²) >= 11 is 6.91. The van der Waals surface area contributed by atoms with E-state index in [9.17, 15) is 23.5 Å². The first-order valence-corrected chi connectivity index (χ1v) is 8.17. The van der Waals surface area contributed by atoms with Gasteiger partial charge in [-0.1, -0.05) is 11.6 Å². The predicted molar refractivity (Wildman–Crippen MR) is 88.2 cm³/mol. The number of nitrogens with two attached hydrogens (primary N) is 1. The van der Waals surface area contributed by atoms with Crippen LogP contribution in [0.4, 0.5) is 8.78 Å². The maximum atomic E-state index is 14.0. The highest BCUT2D eigenvalue weighted by molar-refractivity contribution is 7.21. The summed E-state index contributed by atoms with van der Waals surface area (Å²) in [5.41, 5.74) is 4.72. The lowest BCUT2D eigenvalue weighted by Gasteiger charge is -2.11. The highest BCUT2D eigenvalue weighted by atomic mass is 35.5. The monoisotopic (exact) mass is 397 g/mol. The van der Waals surface area contributed by atoms with Gasteiger partial charge in [-0.3, -0.25) is 9.78 Å². The van der Waals surface area contributed by atoms with Gasteiger partial charge in [0.1, 0.15) is 6.61 Å². The summed E-state index contributed by atoms with van der Waals surface area (Å²) in [6.07, 6.45) is 2.71. The first-order valence-electron chi connectivity index (χ1n) is 6.97. The molecule has 0 aliphatic rings. The number of carboxylic acid groups (broad SMARTS) is 1. The Balaban J connectivity index is 2.02. The van der Waals surface area contributed by atoms with Crippen molar-refractivity contribution in [3.05, 3.63) is 57.2 Å². The van der Waals surface area contributed by atoms with Crippen molar-refractivity contribution < 1.29 is 28.2 Å². The third-order valence-corrected chi connectivity index (χ3v) is 4.92. The maximum Gasteiger partial charge on any atom is 0.248 e. The Labute approximate surface area is 153 Å². The van der Waals surface area contributed by atoms with Crippen LogP contribution in [0.1, 0.15) is 25.6 Å². The molecule has 2 aromatic heterocycles. The largest absolute Gasteiger partial charge is 0.544 e. The molecule has 0 unspecified atom stereocenters. The van der Waals surface area contributed by atoms with Crippen LogP contribution in [0.5, 0.6) is 5.75 Å². The van der Waals surface area contributed by atoms with Gasteiger partial charge in [0.15, 0.2) is 17.4 Å². The number of halogens is 3. The number of carbonyl (C=O) groups excluding carboxylic acids is 2. The molecule has 6 nitrogen and oxygen atoms in total. The highest BCUT2D eigenvalue weighted by Gasteiger charge is 2.20. The third-order valence-electron chi connectivity index (χ3n) is 3.48. The predicted octanol–water partition coefficient (Wildman–Crippen LogP) is 2.27. The highest BCUT2D eigenvalue weighted by Crippen LogP contribution is 2.36. The minimum absolute atomic E-state index is 0.107. The van der Waals surface area contributed by atoms with Crippen LogP contribution in [0.25, 0.3) is 10.1 Å². The summed E-state index contributed by atoms with van der Waals surface area (Å²) in [6, 6.07) is 1.45. The van der Waals surface area contributed by atoms with E-state index in [0.29, 0.717) is 10.1 Å². The van der Waals surface area contributed by atoms with E-state index in [1.807, 2.05) is 0 Å². The summed E-state index contributed by atoms with van der Waals surface area (Å²) in [7, 11) is 0. The van der Waals surface area contributed by atoms with Crippen molar-refractivity contribution in [2.45, 2.75) is 6.61 Å². The Hall–Kier alpha value is -2.78. The molecule has 26 heavy (non-hydrogen) atoms. The van der Waals surface area contributed by atoms with Crippen LogP contribution >= 0.6 is 22.9 Å². The molecule has 0 fully saturated rings. The standard InChI is InChI=1S/C16H9ClF2N2O4S/c17-8-3-21-4-11-12(8)7(14(26-11)16(23)24)5-25-13-9(18)1-6(15(20)22)2-10(13)19/h1-4H,5H2,(H2,20,22)(H,23,24)/p-1. The molecule has 0 radical (unpaired) electrons. The zero-order chi connectivity index (χ0) is 19.0. The molecule has 134 valence electrons. The van der Waals surface area contributed by atoms with E-state index in [2.05, 4.69) is 4.98 Å². The molecule has 0 saturated heterocycles. The number of carboxylic acids is 1. The molecule has 0 aliphatic carbocycles. The van der Waals surface area contributed by atoms with Crippen LogP contribution < -0.4 is 15.6 Å². The quantitative estimate of drug-likeness (QED) is 0.711. The topological polar surface area (TPSA) is 105 Å².